The predicted molar refractivity (Wildman–Crippen MR) is 55.1 cm³/mol. The molecule has 0 amide bonds. The van der Waals surface area contributed by atoms with Gasteiger partial charge >= 0.3 is 12.1 Å². The Labute approximate surface area is 101 Å². The third-order valence-electron chi connectivity index (χ3n) is 2.81. The summed E-state index contributed by atoms with van der Waals surface area (Å²) >= 11 is 0. The van der Waals surface area contributed by atoms with E-state index in [1.165, 1.54) is 4.68 Å². The smallest absolute Gasteiger partial charge is 0.436 e. The molecule has 100 valence electrons. The van der Waals surface area contributed by atoms with Crippen LogP contribution in [0.4, 0.5) is 13.2 Å². The van der Waals surface area contributed by atoms with Crippen molar-refractivity contribution in [2.24, 2.45) is 0 Å². The van der Waals surface area contributed by atoms with E-state index in [1.807, 2.05) is 0 Å². The fourth-order valence-corrected chi connectivity index (χ4v) is 1.91. The maximum absolute atomic E-state index is 12.7. The number of ether oxygens (including phenoxy) is 1. The number of alkyl halides is 3. The zero-order valence-electron chi connectivity index (χ0n) is 9.62. The highest BCUT2D eigenvalue weighted by Gasteiger charge is 2.40. The van der Waals surface area contributed by atoms with Crippen molar-refractivity contribution in [3.63, 3.8) is 0 Å². The van der Waals surface area contributed by atoms with Crippen LogP contribution in [0.5, 0.6) is 0 Å². The highest BCUT2D eigenvalue weighted by Crippen LogP contribution is 2.32. The first-order chi connectivity index (χ1) is 8.43. The van der Waals surface area contributed by atoms with Gasteiger partial charge < -0.3 is 10.1 Å². The molecule has 0 aliphatic carbocycles. The van der Waals surface area contributed by atoms with Crippen molar-refractivity contribution in [3.05, 3.63) is 17.5 Å². The first kappa shape index (κ1) is 12.9. The van der Waals surface area contributed by atoms with E-state index < -0.39 is 23.4 Å². The van der Waals surface area contributed by atoms with Crippen molar-refractivity contribution < 1.29 is 22.7 Å². The summed E-state index contributed by atoms with van der Waals surface area (Å²) in [6.45, 7) is 1.26. The molecule has 0 spiro atoms. The SMILES string of the molecule is COC(=O)c1cn(C2CCNC2)nc1C(F)(F)F. The molecule has 1 unspecified atom stereocenters. The Kier molecular flexibility index (Phi) is 3.29. The minimum absolute atomic E-state index is 0.162. The number of halogens is 3. The summed E-state index contributed by atoms with van der Waals surface area (Å²) in [5.41, 5.74) is -1.74. The van der Waals surface area contributed by atoms with Gasteiger partial charge in [-0.3, -0.25) is 4.68 Å². The first-order valence-corrected chi connectivity index (χ1v) is 5.39. The van der Waals surface area contributed by atoms with Crippen molar-refractivity contribution in [2.45, 2.75) is 18.6 Å². The van der Waals surface area contributed by atoms with Gasteiger partial charge in [0.15, 0.2) is 5.69 Å². The lowest BCUT2D eigenvalue weighted by Gasteiger charge is -2.08. The first-order valence-electron chi connectivity index (χ1n) is 5.39. The minimum atomic E-state index is -4.67. The van der Waals surface area contributed by atoms with E-state index in [2.05, 4.69) is 15.2 Å². The number of carbonyl (C=O) groups excluding carboxylic acids is 1. The summed E-state index contributed by atoms with van der Waals surface area (Å²) in [6.07, 6.45) is -2.88. The van der Waals surface area contributed by atoms with E-state index in [-0.39, 0.29) is 6.04 Å². The summed E-state index contributed by atoms with van der Waals surface area (Å²) in [5.74, 6) is -1.03. The van der Waals surface area contributed by atoms with Gasteiger partial charge in [0.2, 0.25) is 0 Å². The van der Waals surface area contributed by atoms with E-state index in [9.17, 15) is 18.0 Å². The van der Waals surface area contributed by atoms with Crippen LogP contribution < -0.4 is 5.32 Å². The molecule has 1 N–H and O–H groups in total. The molecule has 1 aliphatic rings. The van der Waals surface area contributed by atoms with Gasteiger partial charge in [0.1, 0.15) is 5.56 Å². The second-order valence-electron chi connectivity index (χ2n) is 4.01. The molecule has 8 heteroatoms. The zero-order valence-corrected chi connectivity index (χ0v) is 9.62. The average molecular weight is 263 g/mol. The lowest BCUT2D eigenvalue weighted by Crippen LogP contribution is -2.15. The number of methoxy groups -OCH3 is 1. The number of carbonyl (C=O) groups is 1. The third kappa shape index (κ3) is 2.33. The van der Waals surface area contributed by atoms with Crippen molar-refractivity contribution in [1.29, 1.82) is 0 Å². The van der Waals surface area contributed by atoms with Crippen LogP contribution in [0.2, 0.25) is 0 Å². The molecule has 2 rings (SSSR count). The summed E-state index contributed by atoms with van der Waals surface area (Å²) in [5, 5.41) is 6.51. The average Bonchev–Trinajstić information content (AvgIpc) is 2.94. The van der Waals surface area contributed by atoms with Gasteiger partial charge in [-0.2, -0.15) is 18.3 Å². The molecule has 18 heavy (non-hydrogen) atoms. The second-order valence-corrected chi connectivity index (χ2v) is 4.01. The van der Waals surface area contributed by atoms with Crippen LogP contribution in [-0.2, 0) is 10.9 Å². The highest BCUT2D eigenvalue weighted by molar-refractivity contribution is 5.90. The quantitative estimate of drug-likeness (QED) is 0.815. The fraction of sp³-hybridized carbons (Fsp3) is 0.600. The van der Waals surface area contributed by atoms with Crippen LogP contribution in [0.25, 0.3) is 0 Å². The molecule has 0 saturated carbocycles. The Balaban J connectivity index is 2.40. The zero-order chi connectivity index (χ0) is 13.3. The largest absolute Gasteiger partial charge is 0.465 e. The number of nitrogens with one attached hydrogen (secondary N) is 1. The van der Waals surface area contributed by atoms with Crippen LogP contribution in [0.3, 0.4) is 0 Å². The molecule has 1 atom stereocenters. The van der Waals surface area contributed by atoms with Crippen LogP contribution in [0.1, 0.15) is 28.5 Å². The van der Waals surface area contributed by atoms with Gasteiger partial charge in [-0.25, -0.2) is 4.79 Å². The van der Waals surface area contributed by atoms with Crippen molar-refractivity contribution in [1.82, 2.24) is 15.1 Å². The monoisotopic (exact) mass is 263 g/mol. The lowest BCUT2D eigenvalue weighted by atomic mass is 10.2. The Morgan fingerprint density at radius 3 is 2.83 bits per heavy atom. The van der Waals surface area contributed by atoms with Crippen molar-refractivity contribution in [2.75, 3.05) is 20.2 Å². The number of esters is 1. The predicted octanol–water partition coefficient (Wildman–Crippen LogP) is 1.22. The molecule has 0 radical (unpaired) electrons. The molecule has 1 aromatic rings. The van der Waals surface area contributed by atoms with Crippen LogP contribution in [0.15, 0.2) is 6.20 Å². The Morgan fingerprint density at radius 1 is 1.61 bits per heavy atom. The number of rotatable bonds is 2. The number of hydrogen-bond acceptors (Lipinski definition) is 4. The Bertz CT molecular complexity index is 450. The van der Waals surface area contributed by atoms with Gasteiger partial charge in [0, 0.05) is 12.7 Å². The summed E-state index contributed by atoms with van der Waals surface area (Å²) < 4.78 is 43.8. The topological polar surface area (TPSA) is 56.1 Å². The van der Waals surface area contributed by atoms with Crippen LogP contribution in [0, 0.1) is 0 Å². The number of hydrogen-bond donors (Lipinski definition) is 1. The number of nitrogens with zero attached hydrogens (tertiary/aromatic N) is 2. The summed E-state index contributed by atoms with van der Waals surface area (Å²) in [4.78, 5) is 11.3. The molecule has 1 aromatic heterocycles. The van der Waals surface area contributed by atoms with Gasteiger partial charge in [0.25, 0.3) is 0 Å². The molecule has 2 heterocycles. The molecule has 5 nitrogen and oxygen atoms in total. The minimum Gasteiger partial charge on any atom is -0.465 e. The van der Waals surface area contributed by atoms with E-state index in [0.717, 1.165) is 19.9 Å². The Hall–Kier alpha value is -1.57. The van der Waals surface area contributed by atoms with E-state index in [0.29, 0.717) is 13.0 Å². The molecule has 0 bridgehead atoms. The number of aromatic nitrogens is 2. The van der Waals surface area contributed by atoms with Gasteiger partial charge in [-0.1, -0.05) is 0 Å². The molecule has 1 saturated heterocycles. The maximum atomic E-state index is 12.7. The van der Waals surface area contributed by atoms with Gasteiger partial charge in [-0.15, -0.1) is 0 Å². The Morgan fingerprint density at radius 2 is 2.33 bits per heavy atom. The molecular weight excluding hydrogens is 251 g/mol. The molecule has 1 aliphatic heterocycles. The highest BCUT2D eigenvalue weighted by atomic mass is 19.4. The van der Waals surface area contributed by atoms with Crippen LogP contribution >= 0.6 is 0 Å². The lowest BCUT2D eigenvalue weighted by molar-refractivity contribution is -0.142. The van der Waals surface area contributed by atoms with Gasteiger partial charge in [0.05, 0.1) is 13.2 Å². The second kappa shape index (κ2) is 4.60. The molecule has 1 fully saturated rings. The standard InChI is InChI=1S/C10H12F3N3O2/c1-18-9(17)7-5-16(6-2-3-14-4-6)15-8(7)10(11,12)13/h5-6,14H,2-4H2,1H3. The summed E-state index contributed by atoms with van der Waals surface area (Å²) in [6, 6.07) is -0.162. The molecule has 0 aromatic carbocycles. The molecular formula is C10H12F3N3O2. The van der Waals surface area contributed by atoms with Crippen LogP contribution in [-0.4, -0.2) is 35.9 Å². The third-order valence-corrected chi connectivity index (χ3v) is 2.81. The van der Waals surface area contributed by atoms with E-state index >= 15 is 0 Å². The normalized spacial score (nSPS) is 20.1. The van der Waals surface area contributed by atoms with Gasteiger partial charge in [-0.05, 0) is 13.0 Å². The maximum Gasteiger partial charge on any atom is 0.436 e. The summed E-state index contributed by atoms with van der Waals surface area (Å²) in [7, 11) is 1.04. The fourth-order valence-electron chi connectivity index (χ4n) is 1.91. The van der Waals surface area contributed by atoms with E-state index in [1.54, 1.807) is 0 Å². The van der Waals surface area contributed by atoms with Crippen molar-refractivity contribution >= 4 is 5.97 Å². The van der Waals surface area contributed by atoms with E-state index in [4.69, 9.17) is 0 Å². The van der Waals surface area contributed by atoms with Crippen molar-refractivity contribution in [3.8, 4) is 0 Å².